The van der Waals surface area contributed by atoms with E-state index in [4.69, 9.17) is 5.73 Å². The normalized spacial score (nSPS) is 17.4. The van der Waals surface area contributed by atoms with E-state index in [1.165, 1.54) is 23.3 Å². The van der Waals surface area contributed by atoms with Gasteiger partial charge in [-0.15, -0.1) is 0 Å². The summed E-state index contributed by atoms with van der Waals surface area (Å²) in [5, 5.41) is 0. The van der Waals surface area contributed by atoms with Crippen molar-refractivity contribution in [2.45, 2.75) is 32.5 Å². The Balaban J connectivity index is 2.02. The van der Waals surface area contributed by atoms with Gasteiger partial charge in [0.1, 0.15) is 0 Å². The molecule has 0 spiro atoms. The molecular formula is C13H20N2S. The number of rotatable bonds is 4. The summed E-state index contributed by atoms with van der Waals surface area (Å²) in [7, 11) is 0. The summed E-state index contributed by atoms with van der Waals surface area (Å²) in [5.74, 6) is 1.24. The number of nitrogen functional groups attached to an aromatic ring is 1. The SMILES string of the molecule is CSCCC(C)N1Cc2cccc(N)c2C1. The highest BCUT2D eigenvalue weighted by Gasteiger charge is 2.23. The van der Waals surface area contributed by atoms with Crippen LogP contribution in [0.25, 0.3) is 0 Å². The zero-order chi connectivity index (χ0) is 11.5. The molecule has 3 heteroatoms. The number of hydrogen-bond donors (Lipinski definition) is 1. The predicted molar refractivity (Wildman–Crippen MR) is 72.6 cm³/mol. The molecule has 0 amide bonds. The minimum absolute atomic E-state index is 0.652. The predicted octanol–water partition coefficient (Wildman–Crippen LogP) is 2.73. The maximum Gasteiger partial charge on any atom is 0.0363 e. The van der Waals surface area contributed by atoms with Crippen LogP contribution in [0.2, 0.25) is 0 Å². The molecular weight excluding hydrogens is 216 g/mol. The first-order valence-electron chi connectivity index (χ1n) is 5.81. The van der Waals surface area contributed by atoms with Crippen LogP contribution in [0.1, 0.15) is 24.5 Å². The Morgan fingerprint density at radius 2 is 2.25 bits per heavy atom. The van der Waals surface area contributed by atoms with E-state index in [-0.39, 0.29) is 0 Å². The maximum absolute atomic E-state index is 6.00. The lowest BCUT2D eigenvalue weighted by molar-refractivity contribution is 0.209. The van der Waals surface area contributed by atoms with Crippen molar-refractivity contribution in [1.82, 2.24) is 4.90 Å². The van der Waals surface area contributed by atoms with Gasteiger partial charge in [0.25, 0.3) is 0 Å². The molecule has 2 nitrogen and oxygen atoms in total. The summed E-state index contributed by atoms with van der Waals surface area (Å²) in [4.78, 5) is 2.53. The summed E-state index contributed by atoms with van der Waals surface area (Å²) in [6.07, 6.45) is 3.43. The monoisotopic (exact) mass is 236 g/mol. The summed E-state index contributed by atoms with van der Waals surface area (Å²) in [5.41, 5.74) is 9.72. The van der Waals surface area contributed by atoms with E-state index >= 15 is 0 Å². The van der Waals surface area contributed by atoms with Crippen molar-refractivity contribution < 1.29 is 0 Å². The largest absolute Gasteiger partial charge is 0.398 e. The van der Waals surface area contributed by atoms with Gasteiger partial charge < -0.3 is 5.73 Å². The first-order valence-corrected chi connectivity index (χ1v) is 7.21. The number of nitrogens with two attached hydrogens (primary N) is 1. The fourth-order valence-electron chi connectivity index (χ4n) is 2.26. The second-order valence-electron chi connectivity index (χ2n) is 4.52. The van der Waals surface area contributed by atoms with Gasteiger partial charge in [-0.2, -0.15) is 11.8 Å². The van der Waals surface area contributed by atoms with Crippen molar-refractivity contribution in [3.63, 3.8) is 0 Å². The molecule has 1 aliphatic heterocycles. The lowest BCUT2D eigenvalue weighted by Crippen LogP contribution is -2.28. The van der Waals surface area contributed by atoms with Crippen molar-refractivity contribution in [1.29, 1.82) is 0 Å². The Morgan fingerprint density at radius 1 is 1.44 bits per heavy atom. The zero-order valence-electron chi connectivity index (χ0n) is 10.1. The van der Waals surface area contributed by atoms with Gasteiger partial charge in [0.15, 0.2) is 0 Å². The highest BCUT2D eigenvalue weighted by molar-refractivity contribution is 7.98. The van der Waals surface area contributed by atoms with E-state index in [0.29, 0.717) is 6.04 Å². The second-order valence-corrected chi connectivity index (χ2v) is 5.51. The molecule has 1 heterocycles. The van der Waals surface area contributed by atoms with Crippen molar-refractivity contribution in [2.24, 2.45) is 0 Å². The van der Waals surface area contributed by atoms with E-state index in [9.17, 15) is 0 Å². The molecule has 88 valence electrons. The Kier molecular flexibility index (Phi) is 3.77. The molecule has 1 unspecified atom stereocenters. The first kappa shape index (κ1) is 11.8. The fraction of sp³-hybridized carbons (Fsp3) is 0.538. The minimum Gasteiger partial charge on any atom is -0.398 e. The Hall–Kier alpha value is -0.670. The zero-order valence-corrected chi connectivity index (χ0v) is 10.9. The van der Waals surface area contributed by atoms with Crippen LogP contribution in [0, 0.1) is 0 Å². The van der Waals surface area contributed by atoms with Crippen LogP contribution >= 0.6 is 11.8 Å². The molecule has 0 fully saturated rings. The molecule has 0 aromatic heterocycles. The van der Waals surface area contributed by atoms with Gasteiger partial charge in [-0.25, -0.2) is 0 Å². The molecule has 0 saturated heterocycles. The summed E-state index contributed by atoms with van der Waals surface area (Å²) < 4.78 is 0. The molecule has 16 heavy (non-hydrogen) atoms. The van der Waals surface area contributed by atoms with E-state index < -0.39 is 0 Å². The lowest BCUT2D eigenvalue weighted by atomic mass is 10.1. The Labute approximate surface area is 102 Å². The van der Waals surface area contributed by atoms with Crippen molar-refractivity contribution in [3.8, 4) is 0 Å². The number of fused-ring (bicyclic) bond motifs is 1. The van der Waals surface area contributed by atoms with E-state index in [0.717, 1.165) is 18.8 Å². The van der Waals surface area contributed by atoms with Crippen LogP contribution < -0.4 is 5.73 Å². The third kappa shape index (κ3) is 2.36. The van der Waals surface area contributed by atoms with Gasteiger partial charge >= 0.3 is 0 Å². The molecule has 1 aromatic rings. The third-order valence-electron chi connectivity index (χ3n) is 3.41. The van der Waals surface area contributed by atoms with E-state index in [2.05, 4.69) is 30.2 Å². The smallest absolute Gasteiger partial charge is 0.0363 e. The van der Waals surface area contributed by atoms with Crippen molar-refractivity contribution in [2.75, 3.05) is 17.7 Å². The molecule has 2 rings (SSSR count). The quantitative estimate of drug-likeness (QED) is 0.815. The molecule has 0 radical (unpaired) electrons. The van der Waals surface area contributed by atoms with Gasteiger partial charge in [0, 0.05) is 24.8 Å². The van der Waals surface area contributed by atoms with E-state index in [1.54, 1.807) is 0 Å². The Morgan fingerprint density at radius 3 is 2.94 bits per heavy atom. The van der Waals surface area contributed by atoms with Gasteiger partial charge in [-0.05, 0) is 42.5 Å². The number of benzene rings is 1. The van der Waals surface area contributed by atoms with Gasteiger partial charge in [-0.3, -0.25) is 4.90 Å². The summed E-state index contributed by atoms with van der Waals surface area (Å²) in [6, 6.07) is 6.92. The highest BCUT2D eigenvalue weighted by atomic mass is 32.2. The van der Waals surface area contributed by atoms with Gasteiger partial charge in [0.05, 0.1) is 0 Å². The maximum atomic E-state index is 6.00. The van der Waals surface area contributed by atoms with Crippen molar-refractivity contribution in [3.05, 3.63) is 29.3 Å². The van der Waals surface area contributed by atoms with Gasteiger partial charge in [0.2, 0.25) is 0 Å². The average Bonchev–Trinajstić information content (AvgIpc) is 2.71. The number of thioether (sulfide) groups is 1. The van der Waals surface area contributed by atoms with E-state index in [1.807, 2.05) is 17.8 Å². The molecule has 0 aliphatic carbocycles. The molecule has 1 aliphatic rings. The fourth-order valence-corrected chi connectivity index (χ4v) is 2.83. The lowest BCUT2D eigenvalue weighted by Gasteiger charge is -2.23. The topological polar surface area (TPSA) is 29.3 Å². The first-order chi connectivity index (χ1) is 7.72. The van der Waals surface area contributed by atoms with Crippen LogP contribution in [0.15, 0.2) is 18.2 Å². The molecule has 0 saturated carbocycles. The molecule has 2 N–H and O–H groups in total. The standard InChI is InChI=1S/C13H20N2S/c1-10(6-7-16-2)15-8-11-4-3-5-13(14)12(11)9-15/h3-5,10H,6-9,14H2,1-2H3. The summed E-state index contributed by atoms with van der Waals surface area (Å²) in [6.45, 7) is 4.41. The Bertz CT molecular complexity index is 365. The highest BCUT2D eigenvalue weighted by Crippen LogP contribution is 2.29. The van der Waals surface area contributed by atoms with Gasteiger partial charge in [-0.1, -0.05) is 12.1 Å². The summed E-state index contributed by atoms with van der Waals surface area (Å²) >= 11 is 1.92. The van der Waals surface area contributed by atoms with Crippen LogP contribution in [0.5, 0.6) is 0 Å². The number of hydrogen-bond acceptors (Lipinski definition) is 3. The van der Waals surface area contributed by atoms with Crippen LogP contribution in [0.4, 0.5) is 5.69 Å². The van der Waals surface area contributed by atoms with Crippen molar-refractivity contribution >= 4 is 17.4 Å². The van der Waals surface area contributed by atoms with Crippen LogP contribution in [-0.2, 0) is 13.1 Å². The molecule has 1 aromatic carbocycles. The van der Waals surface area contributed by atoms with Crippen LogP contribution in [0.3, 0.4) is 0 Å². The second kappa shape index (κ2) is 5.11. The van der Waals surface area contributed by atoms with Crippen LogP contribution in [-0.4, -0.2) is 23.0 Å². The molecule has 1 atom stereocenters. The minimum atomic E-state index is 0.652. The molecule has 0 bridgehead atoms. The average molecular weight is 236 g/mol. The third-order valence-corrected chi connectivity index (χ3v) is 4.05. The number of nitrogens with zero attached hydrogens (tertiary/aromatic N) is 1. The number of anilines is 1.